The minimum atomic E-state index is 0.520. The lowest BCUT2D eigenvalue weighted by Gasteiger charge is -2.22. The van der Waals surface area contributed by atoms with Crippen LogP contribution in [0.5, 0.6) is 0 Å². The highest BCUT2D eigenvalue weighted by Crippen LogP contribution is 2.27. The predicted octanol–water partition coefficient (Wildman–Crippen LogP) is 4.37. The number of nitrogens with zero attached hydrogens (tertiary/aromatic N) is 2. The van der Waals surface area contributed by atoms with Gasteiger partial charge in [0.2, 0.25) is 5.95 Å². The van der Waals surface area contributed by atoms with Crippen LogP contribution in [-0.4, -0.2) is 21.0 Å². The van der Waals surface area contributed by atoms with Gasteiger partial charge in [-0.3, -0.25) is 0 Å². The molecule has 4 rings (SSSR count). The molecule has 0 unspecified atom stereocenters. The first-order valence-electron chi connectivity index (χ1n) is 8.06. The maximum atomic E-state index is 4.73. The summed E-state index contributed by atoms with van der Waals surface area (Å²) < 4.78 is 0. The van der Waals surface area contributed by atoms with E-state index in [1.54, 1.807) is 0 Å². The maximum Gasteiger partial charge on any atom is 0.223 e. The van der Waals surface area contributed by atoms with Crippen molar-refractivity contribution in [3.8, 4) is 11.3 Å². The molecule has 1 aliphatic carbocycles. The molecule has 112 valence electrons. The summed E-state index contributed by atoms with van der Waals surface area (Å²) in [5, 5.41) is 4.70. The largest absolute Gasteiger partial charge is 0.361 e. The lowest BCUT2D eigenvalue weighted by Crippen LogP contribution is -2.23. The third-order valence-electron chi connectivity index (χ3n) is 4.46. The summed E-state index contributed by atoms with van der Waals surface area (Å²) in [7, 11) is 0. The number of rotatable bonds is 3. The molecule has 0 aliphatic heterocycles. The van der Waals surface area contributed by atoms with Gasteiger partial charge in [-0.15, -0.1) is 0 Å². The van der Waals surface area contributed by atoms with Gasteiger partial charge in [0.15, 0.2) is 0 Å². The summed E-state index contributed by atoms with van der Waals surface area (Å²) in [4.78, 5) is 12.4. The molecule has 4 heteroatoms. The highest BCUT2D eigenvalue weighted by Gasteiger charge is 2.14. The number of aromatic amines is 1. The van der Waals surface area contributed by atoms with Gasteiger partial charge in [0.05, 0.1) is 5.69 Å². The molecule has 1 aliphatic rings. The molecular formula is C18H20N4. The Hall–Kier alpha value is -2.36. The predicted molar refractivity (Wildman–Crippen MR) is 89.8 cm³/mol. The van der Waals surface area contributed by atoms with Gasteiger partial charge >= 0.3 is 0 Å². The summed E-state index contributed by atoms with van der Waals surface area (Å²) in [6.07, 6.45) is 10.2. The minimum absolute atomic E-state index is 0.520. The number of nitrogens with one attached hydrogen (secondary N) is 2. The smallest absolute Gasteiger partial charge is 0.223 e. The Balaban J connectivity index is 1.65. The second-order valence-electron chi connectivity index (χ2n) is 5.99. The van der Waals surface area contributed by atoms with Crippen molar-refractivity contribution in [1.29, 1.82) is 0 Å². The Morgan fingerprint density at radius 1 is 1.05 bits per heavy atom. The van der Waals surface area contributed by atoms with Crippen LogP contribution in [0.3, 0.4) is 0 Å². The van der Waals surface area contributed by atoms with E-state index in [-0.39, 0.29) is 0 Å². The molecule has 2 N–H and O–H groups in total. The van der Waals surface area contributed by atoms with E-state index in [0.29, 0.717) is 6.04 Å². The second kappa shape index (κ2) is 5.79. The Kier molecular flexibility index (Phi) is 3.51. The Morgan fingerprint density at radius 2 is 1.95 bits per heavy atom. The van der Waals surface area contributed by atoms with Crippen LogP contribution in [-0.2, 0) is 0 Å². The van der Waals surface area contributed by atoms with Gasteiger partial charge in [-0.2, -0.15) is 0 Å². The van der Waals surface area contributed by atoms with E-state index in [1.165, 1.54) is 37.5 Å². The molecular weight excluding hydrogens is 272 g/mol. The van der Waals surface area contributed by atoms with Gasteiger partial charge in [0.1, 0.15) is 0 Å². The van der Waals surface area contributed by atoms with Gasteiger partial charge in [0, 0.05) is 34.9 Å². The van der Waals surface area contributed by atoms with Crippen molar-refractivity contribution in [2.75, 3.05) is 5.32 Å². The van der Waals surface area contributed by atoms with Crippen molar-refractivity contribution in [2.45, 2.75) is 38.1 Å². The Morgan fingerprint density at radius 3 is 2.86 bits per heavy atom. The summed E-state index contributed by atoms with van der Waals surface area (Å²) >= 11 is 0. The number of hydrogen-bond acceptors (Lipinski definition) is 3. The average Bonchev–Trinajstić information content (AvgIpc) is 3.04. The molecule has 2 aromatic heterocycles. The lowest BCUT2D eigenvalue weighted by molar-refractivity contribution is 0.461. The van der Waals surface area contributed by atoms with Crippen molar-refractivity contribution in [3.63, 3.8) is 0 Å². The maximum absolute atomic E-state index is 4.73. The van der Waals surface area contributed by atoms with Gasteiger partial charge in [-0.05, 0) is 31.0 Å². The van der Waals surface area contributed by atoms with E-state index in [4.69, 9.17) is 4.98 Å². The zero-order valence-corrected chi connectivity index (χ0v) is 12.5. The summed E-state index contributed by atoms with van der Waals surface area (Å²) in [6.45, 7) is 0. The average molecular weight is 292 g/mol. The summed E-state index contributed by atoms with van der Waals surface area (Å²) in [5.74, 6) is 0.747. The number of hydrogen-bond donors (Lipinski definition) is 2. The monoisotopic (exact) mass is 292 g/mol. The van der Waals surface area contributed by atoms with Crippen LogP contribution < -0.4 is 5.32 Å². The Bertz CT molecular complexity index is 771. The van der Waals surface area contributed by atoms with E-state index in [1.807, 2.05) is 18.5 Å². The number of aromatic nitrogens is 3. The van der Waals surface area contributed by atoms with Crippen LogP contribution in [0.25, 0.3) is 22.2 Å². The van der Waals surface area contributed by atoms with Crippen LogP contribution in [0.1, 0.15) is 32.1 Å². The third-order valence-corrected chi connectivity index (χ3v) is 4.46. The SMILES string of the molecule is c1cc(-c2ccnc(NC3CCCCC3)n2)c2cc[nH]c2c1. The number of fused-ring (bicyclic) bond motifs is 1. The fourth-order valence-electron chi connectivity index (χ4n) is 3.32. The molecule has 1 fully saturated rings. The van der Waals surface area contributed by atoms with Crippen LogP contribution in [0, 0.1) is 0 Å². The number of H-pyrrole nitrogens is 1. The van der Waals surface area contributed by atoms with E-state index in [0.717, 1.165) is 22.7 Å². The van der Waals surface area contributed by atoms with E-state index >= 15 is 0 Å². The molecule has 0 bridgehead atoms. The van der Waals surface area contributed by atoms with Gasteiger partial charge < -0.3 is 10.3 Å². The third kappa shape index (κ3) is 2.56. The molecule has 22 heavy (non-hydrogen) atoms. The van der Waals surface area contributed by atoms with Gasteiger partial charge in [-0.25, -0.2) is 9.97 Å². The van der Waals surface area contributed by atoms with Crippen LogP contribution in [0.2, 0.25) is 0 Å². The fourth-order valence-corrected chi connectivity index (χ4v) is 3.32. The molecule has 0 radical (unpaired) electrons. The lowest BCUT2D eigenvalue weighted by atomic mass is 9.96. The molecule has 1 saturated carbocycles. The van der Waals surface area contributed by atoms with Crippen LogP contribution in [0.4, 0.5) is 5.95 Å². The van der Waals surface area contributed by atoms with E-state index in [9.17, 15) is 0 Å². The molecule has 2 heterocycles. The molecule has 0 spiro atoms. The van der Waals surface area contributed by atoms with Crippen LogP contribution in [0.15, 0.2) is 42.7 Å². The molecule has 0 atom stereocenters. The van der Waals surface area contributed by atoms with Gasteiger partial charge in [0.25, 0.3) is 0 Å². The van der Waals surface area contributed by atoms with Gasteiger partial charge in [-0.1, -0.05) is 31.4 Å². The topological polar surface area (TPSA) is 53.6 Å². The molecule has 4 nitrogen and oxygen atoms in total. The highest BCUT2D eigenvalue weighted by molar-refractivity contribution is 5.94. The van der Waals surface area contributed by atoms with Crippen LogP contribution >= 0.6 is 0 Å². The first-order chi connectivity index (χ1) is 10.9. The quantitative estimate of drug-likeness (QED) is 0.753. The van der Waals surface area contributed by atoms with Crippen molar-refractivity contribution >= 4 is 16.9 Å². The zero-order valence-electron chi connectivity index (χ0n) is 12.5. The molecule has 0 saturated heterocycles. The zero-order chi connectivity index (χ0) is 14.8. The number of benzene rings is 1. The number of anilines is 1. The van der Waals surface area contributed by atoms with Crippen molar-refractivity contribution in [2.24, 2.45) is 0 Å². The van der Waals surface area contributed by atoms with E-state index < -0.39 is 0 Å². The minimum Gasteiger partial charge on any atom is -0.361 e. The van der Waals surface area contributed by atoms with Crippen molar-refractivity contribution in [1.82, 2.24) is 15.0 Å². The fraction of sp³-hybridized carbons (Fsp3) is 0.333. The summed E-state index contributed by atoms with van der Waals surface area (Å²) in [6, 6.07) is 10.9. The standard InChI is InChI=1S/C18H20N4/c1-2-5-13(6-3-1)21-18-20-12-10-17(22-18)14-7-4-8-16-15(14)9-11-19-16/h4,7-13,19H,1-3,5-6H2,(H,20,21,22). The normalized spacial score (nSPS) is 16.0. The molecule has 3 aromatic rings. The molecule has 1 aromatic carbocycles. The Labute approximate surface area is 130 Å². The van der Waals surface area contributed by atoms with E-state index in [2.05, 4.69) is 39.6 Å². The van der Waals surface area contributed by atoms with Crippen molar-refractivity contribution in [3.05, 3.63) is 42.7 Å². The summed E-state index contributed by atoms with van der Waals surface area (Å²) in [5.41, 5.74) is 3.25. The second-order valence-corrected chi connectivity index (χ2v) is 5.99. The highest BCUT2D eigenvalue weighted by atomic mass is 15.1. The first kappa shape index (κ1) is 13.3. The molecule has 0 amide bonds. The first-order valence-corrected chi connectivity index (χ1v) is 8.06. The van der Waals surface area contributed by atoms with Crippen molar-refractivity contribution < 1.29 is 0 Å².